The van der Waals surface area contributed by atoms with Gasteiger partial charge in [0.15, 0.2) is 5.13 Å². The molecule has 184 valence electrons. The molecule has 0 saturated carbocycles. The van der Waals surface area contributed by atoms with Gasteiger partial charge < -0.3 is 15.4 Å². The van der Waals surface area contributed by atoms with E-state index in [4.69, 9.17) is 9.72 Å². The van der Waals surface area contributed by atoms with Crippen molar-refractivity contribution >= 4 is 50.5 Å². The summed E-state index contributed by atoms with van der Waals surface area (Å²) in [5, 5.41) is 11.7. The number of anilines is 2. The van der Waals surface area contributed by atoms with Gasteiger partial charge in [-0.15, -0.1) is 11.8 Å². The molecule has 0 amide bonds. The lowest BCUT2D eigenvalue weighted by molar-refractivity contribution is 0.0514. The molecule has 1 unspecified atom stereocenters. The van der Waals surface area contributed by atoms with E-state index in [0.29, 0.717) is 11.9 Å². The summed E-state index contributed by atoms with van der Waals surface area (Å²) in [5.41, 5.74) is 2.16. The van der Waals surface area contributed by atoms with Crippen LogP contribution in [-0.4, -0.2) is 55.8 Å². The third-order valence-electron chi connectivity index (χ3n) is 4.96. The van der Waals surface area contributed by atoms with Crippen LogP contribution in [0, 0.1) is 5.92 Å². The summed E-state index contributed by atoms with van der Waals surface area (Å²) in [5.74, 6) is 0.984. The fourth-order valence-electron chi connectivity index (χ4n) is 3.17. The molecule has 11 heteroatoms. The van der Waals surface area contributed by atoms with E-state index in [9.17, 15) is 4.79 Å². The van der Waals surface area contributed by atoms with Crippen LogP contribution in [0.3, 0.4) is 0 Å². The third-order valence-corrected chi connectivity index (χ3v) is 6.62. The van der Waals surface area contributed by atoms with Gasteiger partial charge in [-0.05, 0) is 50.6 Å². The number of thioether (sulfide) groups is 1. The first-order valence-electron chi connectivity index (χ1n) is 11.2. The first-order chi connectivity index (χ1) is 16.7. The molecular formula is C24H29N7O2S2. The zero-order valence-corrected chi connectivity index (χ0v) is 22.0. The lowest BCUT2D eigenvalue weighted by Gasteiger charge is -2.18. The van der Waals surface area contributed by atoms with Crippen molar-refractivity contribution in [1.29, 1.82) is 0 Å². The number of fused-ring (bicyclic) bond motifs is 1. The van der Waals surface area contributed by atoms with Gasteiger partial charge in [0.1, 0.15) is 5.60 Å². The fourth-order valence-corrected chi connectivity index (χ4v) is 4.40. The van der Waals surface area contributed by atoms with Crippen LogP contribution < -0.4 is 10.6 Å². The molecule has 0 fully saturated rings. The molecule has 0 aliphatic heterocycles. The minimum Gasteiger partial charge on any atom is -0.442 e. The second-order valence-corrected chi connectivity index (χ2v) is 11.1. The Morgan fingerprint density at radius 1 is 1.14 bits per heavy atom. The van der Waals surface area contributed by atoms with Gasteiger partial charge in [-0.3, -0.25) is 0 Å². The van der Waals surface area contributed by atoms with E-state index in [1.807, 2.05) is 51.6 Å². The highest BCUT2D eigenvalue weighted by Gasteiger charge is 2.19. The van der Waals surface area contributed by atoms with E-state index in [2.05, 4.69) is 38.7 Å². The highest BCUT2D eigenvalue weighted by molar-refractivity contribution is 7.98. The Morgan fingerprint density at radius 3 is 2.60 bits per heavy atom. The van der Waals surface area contributed by atoms with Crippen molar-refractivity contribution in [2.24, 2.45) is 5.92 Å². The van der Waals surface area contributed by atoms with Gasteiger partial charge in [0.25, 0.3) is 0 Å². The maximum Gasteiger partial charge on any atom is 0.435 e. The smallest absolute Gasteiger partial charge is 0.435 e. The molecule has 0 saturated heterocycles. The molecule has 0 bridgehead atoms. The maximum absolute atomic E-state index is 12.3. The number of rotatable bonds is 8. The number of carbonyl (C=O) groups is 1. The number of nitrogens with zero attached hydrogens (tertiary/aromatic N) is 5. The average molecular weight is 512 g/mol. The van der Waals surface area contributed by atoms with Gasteiger partial charge in [-0.25, -0.2) is 19.7 Å². The molecule has 4 aromatic rings. The Hall–Kier alpha value is -3.18. The fraction of sp³-hybridized carbons (Fsp3) is 0.375. The first kappa shape index (κ1) is 24.9. The monoisotopic (exact) mass is 511 g/mol. The van der Waals surface area contributed by atoms with Crippen molar-refractivity contribution in [3.8, 4) is 11.1 Å². The van der Waals surface area contributed by atoms with Crippen LogP contribution in [0.1, 0.15) is 27.7 Å². The summed E-state index contributed by atoms with van der Waals surface area (Å²) in [7, 11) is 0. The van der Waals surface area contributed by atoms with E-state index < -0.39 is 11.7 Å². The highest BCUT2D eigenvalue weighted by Crippen LogP contribution is 2.30. The Bertz CT molecular complexity index is 1300. The van der Waals surface area contributed by atoms with E-state index >= 15 is 0 Å². The van der Waals surface area contributed by atoms with E-state index in [-0.39, 0.29) is 0 Å². The van der Waals surface area contributed by atoms with Crippen molar-refractivity contribution in [1.82, 2.24) is 24.7 Å². The van der Waals surface area contributed by atoms with Crippen LogP contribution in [0.2, 0.25) is 0 Å². The molecule has 0 aliphatic rings. The molecule has 0 radical (unpaired) electrons. The minimum absolute atomic E-state index is 0.347. The summed E-state index contributed by atoms with van der Waals surface area (Å²) in [6.45, 7) is 9.16. The summed E-state index contributed by atoms with van der Waals surface area (Å²) in [6.07, 6.45) is 8.49. The van der Waals surface area contributed by atoms with Crippen molar-refractivity contribution in [2.75, 3.05) is 30.0 Å². The number of hydrogen-bond acceptors (Lipinski definition) is 10. The summed E-state index contributed by atoms with van der Waals surface area (Å²) in [6, 6.07) is 6.03. The van der Waals surface area contributed by atoms with Gasteiger partial charge >= 0.3 is 6.09 Å². The van der Waals surface area contributed by atoms with Crippen LogP contribution in [0.15, 0.2) is 47.9 Å². The van der Waals surface area contributed by atoms with Crippen molar-refractivity contribution in [3.05, 3.63) is 43.0 Å². The van der Waals surface area contributed by atoms with E-state index in [1.165, 1.54) is 4.68 Å². The predicted molar refractivity (Wildman–Crippen MR) is 142 cm³/mol. The summed E-state index contributed by atoms with van der Waals surface area (Å²) < 4.78 is 7.66. The number of aromatic nitrogens is 5. The SMILES string of the molecule is CSc1cnc(NCC(C)CNc2nc3ccc(-c4cnn(C(=O)OC(C)(C)C)c4)cc3s2)nc1. The van der Waals surface area contributed by atoms with Crippen molar-refractivity contribution in [2.45, 2.75) is 38.2 Å². The molecule has 2 N–H and O–H groups in total. The predicted octanol–water partition coefficient (Wildman–Crippen LogP) is 5.62. The van der Waals surface area contributed by atoms with Crippen molar-refractivity contribution in [3.63, 3.8) is 0 Å². The van der Waals surface area contributed by atoms with Crippen LogP contribution in [0.4, 0.5) is 15.9 Å². The second-order valence-electron chi connectivity index (χ2n) is 9.17. The minimum atomic E-state index is -0.574. The average Bonchev–Trinajstić information content (AvgIpc) is 3.47. The summed E-state index contributed by atoms with van der Waals surface area (Å²) >= 11 is 3.22. The maximum atomic E-state index is 12.3. The Morgan fingerprint density at radius 2 is 1.89 bits per heavy atom. The molecular weight excluding hydrogens is 482 g/mol. The number of ether oxygens (including phenoxy) is 1. The quantitative estimate of drug-likeness (QED) is 0.292. The van der Waals surface area contributed by atoms with Crippen molar-refractivity contribution < 1.29 is 9.53 Å². The number of thiazole rings is 1. The molecule has 0 aliphatic carbocycles. The van der Waals surface area contributed by atoms with Gasteiger partial charge in [0.05, 0.1) is 16.4 Å². The molecule has 1 aromatic carbocycles. The van der Waals surface area contributed by atoms with Gasteiger partial charge in [-0.2, -0.15) is 9.78 Å². The molecule has 3 heterocycles. The highest BCUT2D eigenvalue weighted by atomic mass is 32.2. The molecule has 9 nitrogen and oxygen atoms in total. The zero-order chi connectivity index (χ0) is 25.0. The van der Waals surface area contributed by atoms with Gasteiger partial charge in [-0.1, -0.05) is 24.3 Å². The molecule has 0 spiro atoms. The van der Waals surface area contributed by atoms with E-state index in [0.717, 1.165) is 44.5 Å². The molecule has 4 rings (SSSR count). The first-order valence-corrected chi connectivity index (χ1v) is 13.3. The van der Waals surface area contributed by atoms with Crippen LogP contribution in [-0.2, 0) is 4.74 Å². The standard InChI is InChI=1S/C24H29N7O2S2/c1-15(9-25-21-26-12-18(34-5)13-27-21)10-28-22-30-19-7-6-16(8-20(19)35-22)17-11-29-31(14-17)23(32)33-24(2,3)4/h6-8,11-15H,9-10H2,1-5H3,(H,28,30)(H,25,26,27). The second kappa shape index (κ2) is 10.6. The number of hydrogen-bond donors (Lipinski definition) is 2. The van der Waals surface area contributed by atoms with Gasteiger partial charge in [0, 0.05) is 42.1 Å². The number of benzene rings is 1. The Labute approximate surface area is 212 Å². The third kappa shape index (κ3) is 6.70. The van der Waals surface area contributed by atoms with Gasteiger partial charge in [0.2, 0.25) is 5.95 Å². The Kier molecular flexibility index (Phi) is 7.56. The lowest BCUT2D eigenvalue weighted by Crippen LogP contribution is -2.27. The Balaban J connectivity index is 1.35. The molecule has 1 atom stereocenters. The largest absolute Gasteiger partial charge is 0.442 e. The normalized spacial score (nSPS) is 12.5. The van der Waals surface area contributed by atoms with Crippen LogP contribution >= 0.6 is 23.1 Å². The summed E-state index contributed by atoms with van der Waals surface area (Å²) in [4.78, 5) is 26.6. The van der Waals surface area contributed by atoms with E-state index in [1.54, 1.807) is 35.5 Å². The zero-order valence-electron chi connectivity index (χ0n) is 20.4. The van der Waals surface area contributed by atoms with Crippen LogP contribution in [0.25, 0.3) is 21.3 Å². The number of nitrogens with one attached hydrogen (secondary N) is 2. The topological polar surface area (TPSA) is 107 Å². The molecule has 3 aromatic heterocycles. The lowest BCUT2D eigenvalue weighted by atomic mass is 10.1. The number of carbonyl (C=O) groups excluding carboxylic acids is 1. The molecule has 35 heavy (non-hydrogen) atoms. The van der Waals surface area contributed by atoms with Crippen LogP contribution in [0.5, 0.6) is 0 Å².